The van der Waals surface area contributed by atoms with E-state index in [1.54, 1.807) is 0 Å². The molecule has 1 atom stereocenters. The molecule has 1 rings (SSSR count). The van der Waals surface area contributed by atoms with Crippen LogP contribution in [0.5, 0.6) is 0 Å². The molecule has 0 aromatic heterocycles. The van der Waals surface area contributed by atoms with Crippen LogP contribution in [0.15, 0.2) is 0 Å². The first kappa shape index (κ1) is 6.05. The van der Waals surface area contributed by atoms with Gasteiger partial charge in [-0.2, -0.15) is 0 Å². The van der Waals surface area contributed by atoms with Crippen molar-refractivity contribution in [3.8, 4) is 0 Å². The molecule has 0 aromatic carbocycles. The summed E-state index contributed by atoms with van der Waals surface area (Å²) in [7, 11) is 4.10. The minimum absolute atomic E-state index is 0.398. The van der Waals surface area contributed by atoms with Crippen LogP contribution >= 0.6 is 0 Å². The van der Waals surface area contributed by atoms with Crippen LogP contribution in [0.3, 0.4) is 0 Å². The second-order valence-electron chi connectivity index (χ2n) is 2.43. The second-order valence-corrected chi connectivity index (χ2v) is 2.43. The number of ether oxygens (including phenoxy) is 1. The molecular formula is C6H13NO. The molecule has 1 heterocycles. The van der Waals surface area contributed by atoms with Crippen molar-refractivity contribution in [2.45, 2.75) is 19.1 Å². The smallest absolute Gasteiger partial charge is 0.110 e. The summed E-state index contributed by atoms with van der Waals surface area (Å²) in [5, 5.41) is 0. The first-order valence-electron chi connectivity index (χ1n) is 3.09. The highest BCUT2D eigenvalue weighted by Crippen LogP contribution is 2.12. The van der Waals surface area contributed by atoms with E-state index in [1.165, 1.54) is 12.8 Å². The summed E-state index contributed by atoms with van der Waals surface area (Å²) in [6.07, 6.45) is 2.82. The lowest BCUT2D eigenvalue weighted by atomic mass is 10.3. The maximum Gasteiger partial charge on any atom is 0.110 e. The van der Waals surface area contributed by atoms with E-state index in [0.29, 0.717) is 6.23 Å². The number of hydrogen-bond acceptors (Lipinski definition) is 2. The van der Waals surface area contributed by atoms with E-state index in [-0.39, 0.29) is 0 Å². The molecule has 2 heteroatoms. The molecule has 0 amide bonds. The molecule has 0 aliphatic carbocycles. The van der Waals surface area contributed by atoms with Crippen LogP contribution in [-0.4, -0.2) is 31.8 Å². The summed E-state index contributed by atoms with van der Waals surface area (Å²) < 4.78 is 5.34. The quantitative estimate of drug-likeness (QED) is 0.498. The first-order chi connectivity index (χ1) is 3.80. The average Bonchev–Trinajstić information content (AvgIpc) is 2.12. The minimum atomic E-state index is 0.398. The highest BCUT2D eigenvalue weighted by Gasteiger charge is 2.16. The zero-order valence-electron chi connectivity index (χ0n) is 5.55. The Morgan fingerprint density at radius 1 is 1.50 bits per heavy atom. The van der Waals surface area contributed by atoms with E-state index in [4.69, 9.17) is 4.74 Å². The third-order valence-electron chi connectivity index (χ3n) is 1.48. The molecule has 1 aliphatic heterocycles. The van der Waals surface area contributed by atoms with Crippen LogP contribution in [-0.2, 0) is 4.74 Å². The van der Waals surface area contributed by atoms with E-state index >= 15 is 0 Å². The zero-order valence-corrected chi connectivity index (χ0v) is 5.55. The number of hydrogen-bond donors (Lipinski definition) is 0. The standard InChI is InChI=1S/C6H13NO/c1-7(2)6-4-3-5-8-6/h6H,3-5H2,1-2H3/t6-/m1/s1. The molecule has 0 bridgehead atoms. The van der Waals surface area contributed by atoms with Crippen molar-refractivity contribution in [1.82, 2.24) is 4.90 Å². The normalized spacial score (nSPS) is 29.6. The highest BCUT2D eigenvalue weighted by atomic mass is 16.5. The van der Waals surface area contributed by atoms with Crippen molar-refractivity contribution < 1.29 is 4.74 Å². The van der Waals surface area contributed by atoms with Crippen molar-refractivity contribution in [3.05, 3.63) is 0 Å². The predicted octanol–water partition coefficient (Wildman–Crippen LogP) is 0.684. The SMILES string of the molecule is CN(C)[C@H]1CCCO1. The van der Waals surface area contributed by atoms with Gasteiger partial charge in [-0.05, 0) is 26.9 Å². The van der Waals surface area contributed by atoms with Gasteiger partial charge in [-0.15, -0.1) is 0 Å². The van der Waals surface area contributed by atoms with Gasteiger partial charge in [-0.3, -0.25) is 4.90 Å². The van der Waals surface area contributed by atoms with E-state index in [0.717, 1.165) is 6.61 Å². The minimum Gasteiger partial charge on any atom is -0.363 e. The largest absolute Gasteiger partial charge is 0.363 e. The fourth-order valence-electron chi connectivity index (χ4n) is 0.968. The average molecular weight is 115 g/mol. The van der Waals surface area contributed by atoms with Gasteiger partial charge in [0.2, 0.25) is 0 Å². The van der Waals surface area contributed by atoms with Crippen molar-refractivity contribution in [2.24, 2.45) is 0 Å². The lowest BCUT2D eigenvalue weighted by Gasteiger charge is -2.16. The van der Waals surface area contributed by atoms with Crippen molar-refractivity contribution >= 4 is 0 Å². The molecule has 1 aliphatic rings. The number of rotatable bonds is 1. The second kappa shape index (κ2) is 2.46. The van der Waals surface area contributed by atoms with E-state index in [2.05, 4.69) is 19.0 Å². The van der Waals surface area contributed by atoms with Crippen molar-refractivity contribution in [1.29, 1.82) is 0 Å². The summed E-state index contributed by atoms with van der Waals surface area (Å²) in [5.41, 5.74) is 0. The van der Waals surface area contributed by atoms with Crippen molar-refractivity contribution in [3.63, 3.8) is 0 Å². The van der Waals surface area contributed by atoms with Gasteiger partial charge in [-0.25, -0.2) is 0 Å². The Morgan fingerprint density at radius 3 is 2.50 bits per heavy atom. The van der Waals surface area contributed by atoms with E-state index in [1.807, 2.05) is 0 Å². The molecule has 1 saturated heterocycles. The maximum atomic E-state index is 5.34. The van der Waals surface area contributed by atoms with Crippen LogP contribution in [0.1, 0.15) is 12.8 Å². The van der Waals surface area contributed by atoms with Gasteiger partial charge in [0, 0.05) is 6.61 Å². The topological polar surface area (TPSA) is 12.5 Å². The fourth-order valence-corrected chi connectivity index (χ4v) is 0.968. The van der Waals surface area contributed by atoms with Crippen molar-refractivity contribution in [2.75, 3.05) is 20.7 Å². The highest BCUT2D eigenvalue weighted by molar-refractivity contribution is 4.60. The molecule has 0 saturated carbocycles. The van der Waals surface area contributed by atoms with Gasteiger partial charge < -0.3 is 4.74 Å². The van der Waals surface area contributed by atoms with Gasteiger partial charge in [0.1, 0.15) is 6.23 Å². The van der Waals surface area contributed by atoms with Gasteiger partial charge in [0.25, 0.3) is 0 Å². The molecule has 0 aromatic rings. The summed E-state index contributed by atoms with van der Waals surface area (Å²) >= 11 is 0. The molecule has 48 valence electrons. The molecular weight excluding hydrogens is 102 g/mol. The third kappa shape index (κ3) is 1.20. The molecule has 0 unspecified atom stereocenters. The Balaban J connectivity index is 2.24. The van der Waals surface area contributed by atoms with Gasteiger partial charge in [-0.1, -0.05) is 0 Å². The molecule has 8 heavy (non-hydrogen) atoms. The van der Waals surface area contributed by atoms with E-state index in [9.17, 15) is 0 Å². The van der Waals surface area contributed by atoms with Crippen LogP contribution in [0.25, 0.3) is 0 Å². The lowest BCUT2D eigenvalue weighted by Crippen LogP contribution is -2.26. The van der Waals surface area contributed by atoms with Crippen LogP contribution in [0.2, 0.25) is 0 Å². The Morgan fingerprint density at radius 2 is 2.25 bits per heavy atom. The van der Waals surface area contributed by atoms with E-state index < -0.39 is 0 Å². The first-order valence-corrected chi connectivity index (χ1v) is 3.09. The summed E-state index contributed by atoms with van der Waals surface area (Å²) in [6, 6.07) is 0. The van der Waals surface area contributed by atoms with Gasteiger partial charge in [0.05, 0.1) is 0 Å². The molecule has 1 fully saturated rings. The summed E-state index contributed by atoms with van der Waals surface area (Å²) in [5.74, 6) is 0. The predicted molar refractivity (Wildman–Crippen MR) is 32.7 cm³/mol. The zero-order chi connectivity index (χ0) is 5.98. The Kier molecular flexibility index (Phi) is 1.86. The third-order valence-corrected chi connectivity index (χ3v) is 1.48. The lowest BCUT2D eigenvalue weighted by molar-refractivity contribution is 0.00978. The maximum absolute atomic E-state index is 5.34. The Labute approximate surface area is 50.4 Å². The summed E-state index contributed by atoms with van der Waals surface area (Å²) in [6.45, 7) is 0.947. The summed E-state index contributed by atoms with van der Waals surface area (Å²) in [4.78, 5) is 2.12. The van der Waals surface area contributed by atoms with Gasteiger partial charge >= 0.3 is 0 Å². The molecule has 0 radical (unpaired) electrons. The number of nitrogens with zero attached hydrogens (tertiary/aromatic N) is 1. The Bertz CT molecular complexity index is 66.9. The molecule has 2 nitrogen and oxygen atoms in total. The van der Waals surface area contributed by atoms with Crippen LogP contribution in [0, 0.1) is 0 Å². The fraction of sp³-hybridized carbons (Fsp3) is 1.00. The molecule has 0 spiro atoms. The monoisotopic (exact) mass is 115 g/mol. The van der Waals surface area contributed by atoms with Crippen LogP contribution < -0.4 is 0 Å². The Hall–Kier alpha value is -0.0800. The molecule has 0 N–H and O–H groups in total. The van der Waals surface area contributed by atoms with Gasteiger partial charge in [0.15, 0.2) is 0 Å². The van der Waals surface area contributed by atoms with Crippen LogP contribution in [0.4, 0.5) is 0 Å².